The molecule has 0 saturated heterocycles. The van der Waals surface area contributed by atoms with E-state index in [0.717, 1.165) is 0 Å². The lowest BCUT2D eigenvalue weighted by Crippen LogP contribution is -2.41. The molecule has 0 radical (unpaired) electrons. The Balaban J connectivity index is 2.00. The average Bonchev–Trinajstić information content (AvgIpc) is 2.45. The van der Waals surface area contributed by atoms with Gasteiger partial charge in [0.25, 0.3) is 11.8 Å². The maximum absolute atomic E-state index is 11.9. The Bertz CT molecular complexity index is 649. The van der Waals surface area contributed by atoms with Crippen LogP contribution in [0.15, 0.2) is 42.7 Å². The summed E-state index contributed by atoms with van der Waals surface area (Å²) in [6.45, 7) is 0. The molecule has 0 bridgehead atoms. The maximum atomic E-state index is 11.9. The van der Waals surface area contributed by atoms with E-state index in [1.807, 2.05) is 22.6 Å². The van der Waals surface area contributed by atoms with E-state index in [2.05, 4.69) is 15.8 Å². The van der Waals surface area contributed by atoms with E-state index in [1.165, 1.54) is 6.20 Å². The van der Waals surface area contributed by atoms with Crippen LogP contribution in [0.2, 0.25) is 5.02 Å². The standard InChI is InChI=1S/C13H9ClIN3O2/c14-9-3-4-10(11(15)6-9)13(20)18-17-12(19)8-2-1-5-16-7-8/h1-7H,(H,17,19)(H,18,20). The van der Waals surface area contributed by atoms with Crippen LogP contribution in [0.3, 0.4) is 0 Å². The van der Waals surface area contributed by atoms with Crippen LogP contribution in [0.4, 0.5) is 0 Å². The molecule has 0 atom stereocenters. The van der Waals surface area contributed by atoms with Gasteiger partial charge in [0, 0.05) is 21.0 Å². The number of rotatable bonds is 2. The van der Waals surface area contributed by atoms with Crippen molar-refractivity contribution in [3.63, 3.8) is 0 Å². The number of nitrogens with one attached hydrogen (secondary N) is 2. The van der Waals surface area contributed by atoms with Crippen LogP contribution >= 0.6 is 34.2 Å². The highest BCUT2D eigenvalue weighted by molar-refractivity contribution is 14.1. The van der Waals surface area contributed by atoms with Gasteiger partial charge in [-0.3, -0.25) is 25.4 Å². The van der Waals surface area contributed by atoms with Crippen molar-refractivity contribution in [2.24, 2.45) is 0 Å². The fraction of sp³-hybridized carbons (Fsp3) is 0. The zero-order valence-corrected chi connectivity index (χ0v) is 13.0. The molecule has 2 N–H and O–H groups in total. The largest absolute Gasteiger partial charge is 0.271 e. The highest BCUT2D eigenvalue weighted by Gasteiger charge is 2.12. The molecule has 0 aliphatic rings. The average molecular weight is 402 g/mol. The van der Waals surface area contributed by atoms with E-state index >= 15 is 0 Å². The van der Waals surface area contributed by atoms with Crippen LogP contribution in [-0.2, 0) is 0 Å². The van der Waals surface area contributed by atoms with Gasteiger partial charge >= 0.3 is 0 Å². The minimum absolute atomic E-state index is 0.360. The Hall–Kier alpha value is -1.67. The van der Waals surface area contributed by atoms with Crippen molar-refractivity contribution in [1.82, 2.24) is 15.8 Å². The van der Waals surface area contributed by atoms with E-state index in [4.69, 9.17) is 11.6 Å². The number of benzene rings is 1. The molecule has 5 nitrogen and oxygen atoms in total. The van der Waals surface area contributed by atoms with Crippen molar-refractivity contribution in [1.29, 1.82) is 0 Å². The zero-order valence-electron chi connectivity index (χ0n) is 10.1. The van der Waals surface area contributed by atoms with Crippen molar-refractivity contribution in [3.8, 4) is 0 Å². The second kappa shape index (κ2) is 6.67. The van der Waals surface area contributed by atoms with Gasteiger partial charge in [0.2, 0.25) is 0 Å². The van der Waals surface area contributed by atoms with Crippen LogP contribution < -0.4 is 10.9 Å². The highest BCUT2D eigenvalue weighted by Crippen LogP contribution is 2.17. The number of aromatic nitrogens is 1. The summed E-state index contributed by atoms with van der Waals surface area (Å²) >= 11 is 7.82. The molecular weight excluding hydrogens is 393 g/mol. The van der Waals surface area contributed by atoms with Gasteiger partial charge in [0.05, 0.1) is 11.1 Å². The van der Waals surface area contributed by atoms with E-state index in [0.29, 0.717) is 19.7 Å². The monoisotopic (exact) mass is 401 g/mol. The van der Waals surface area contributed by atoms with Crippen molar-refractivity contribution in [2.45, 2.75) is 0 Å². The molecule has 1 aromatic heterocycles. The first-order valence-electron chi connectivity index (χ1n) is 5.53. The molecule has 20 heavy (non-hydrogen) atoms. The number of nitrogens with zero attached hydrogens (tertiary/aromatic N) is 1. The summed E-state index contributed by atoms with van der Waals surface area (Å²) in [5, 5.41) is 0.547. The third-order valence-corrected chi connectivity index (χ3v) is 3.52. The first-order valence-corrected chi connectivity index (χ1v) is 6.99. The topological polar surface area (TPSA) is 71.1 Å². The lowest BCUT2D eigenvalue weighted by atomic mass is 10.2. The summed E-state index contributed by atoms with van der Waals surface area (Å²) in [7, 11) is 0. The van der Waals surface area contributed by atoms with Gasteiger partial charge in [-0.05, 0) is 52.9 Å². The van der Waals surface area contributed by atoms with E-state index in [-0.39, 0.29) is 0 Å². The molecule has 1 aromatic carbocycles. The molecule has 2 rings (SSSR count). The summed E-state index contributed by atoms with van der Waals surface area (Å²) in [4.78, 5) is 27.5. The minimum atomic E-state index is -0.435. The van der Waals surface area contributed by atoms with Crippen molar-refractivity contribution in [3.05, 3.63) is 62.4 Å². The molecular formula is C13H9ClIN3O2. The van der Waals surface area contributed by atoms with Crippen LogP contribution in [0, 0.1) is 3.57 Å². The lowest BCUT2D eigenvalue weighted by Gasteiger charge is -2.08. The van der Waals surface area contributed by atoms with Crippen LogP contribution in [-0.4, -0.2) is 16.8 Å². The Morgan fingerprint density at radius 3 is 2.55 bits per heavy atom. The molecule has 0 fully saturated rings. The summed E-state index contributed by atoms with van der Waals surface area (Å²) < 4.78 is 0.697. The van der Waals surface area contributed by atoms with Crippen LogP contribution in [0.1, 0.15) is 20.7 Å². The summed E-state index contributed by atoms with van der Waals surface area (Å²) in [5.41, 5.74) is 5.46. The Morgan fingerprint density at radius 1 is 1.15 bits per heavy atom. The van der Waals surface area contributed by atoms with Crippen molar-refractivity contribution in [2.75, 3.05) is 0 Å². The van der Waals surface area contributed by atoms with E-state index < -0.39 is 11.8 Å². The number of pyridine rings is 1. The van der Waals surface area contributed by atoms with E-state index in [9.17, 15) is 9.59 Å². The zero-order chi connectivity index (χ0) is 14.5. The van der Waals surface area contributed by atoms with Gasteiger partial charge < -0.3 is 0 Å². The number of hydrogen-bond acceptors (Lipinski definition) is 3. The predicted molar refractivity (Wildman–Crippen MR) is 83.3 cm³/mol. The molecule has 0 aliphatic heterocycles. The number of amides is 2. The maximum Gasteiger partial charge on any atom is 0.271 e. The second-order valence-corrected chi connectivity index (χ2v) is 5.37. The highest BCUT2D eigenvalue weighted by atomic mass is 127. The molecule has 2 aromatic rings. The Labute approximate surface area is 133 Å². The van der Waals surface area contributed by atoms with E-state index in [1.54, 1.807) is 36.5 Å². The van der Waals surface area contributed by atoms with Gasteiger partial charge in [-0.25, -0.2) is 0 Å². The van der Waals surface area contributed by atoms with Gasteiger partial charge in [-0.2, -0.15) is 0 Å². The summed E-state index contributed by atoms with van der Waals surface area (Å²) in [5.74, 6) is -0.848. The number of carbonyl (C=O) groups excluding carboxylic acids is 2. The SMILES string of the molecule is O=C(NNC(=O)c1ccc(Cl)cc1I)c1cccnc1. The molecule has 0 saturated carbocycles. The van der Waals surface area contributed by atoms with Crippen LogP contribution in [0.5, 0.6) is 0 Å². The molecule has 0 aliphatic carbocycles. The van der Waals surface area contributed by atoms with Crippen molar-refractivity contribution < 1.29 is 9.59 Å². The lowest BCUT2D eigenvalue weighted by molar-refractivity contribution is 0.0846. The van der Waals surface area contributed by atoms with Crippen molar-refractivity contribution >= 4 is 46.0 Å². The van der Waals surface area contributed by atoms with Gasteiger partial charge in [0.1, 0.15) is 0 Å². The normalized spacial score (nSPS) is 9.90. The fourth-order valence-electron chi connectivity index (χ4n) is 1.42. The summed E-state index contributed by atoms with van der Waals surface area (Å²) in [6.07, 6.45) is 2.97. The van der Waals surface area contributed by atoms with Crippen LogP contribution in [0.25, 0.3) is 0 Å². The molecule has 102 valence electrons. The second-order valence-electron chi connectivity index (χ2n) is 3.77. The Kier molecular flexibility index (Phi) is 4.91. The number of carbonyl (C=O) groups is 2. The predicted octanol–water partition coefficient (Wildman–Crippen LogP) is 2.41. The molecule has 0 spiro atoms. The number of hydrazine groups is 1. The van der Waals surface area contributed by atoms with Gasteiger partial charge in [-0.15, -0.1) is 0 Å². The van der Waals surface area contributed by atoms with Gasteiger partial charge in [0.15, 0.2) is 0 Å². The number of halogens is 2. The number of hydrogen-bond donors (Lipinski definition) is 2. The smallest absolute Gasteiger partial charge is 0.267 e. The fourth-order valence-corrected chi connectivity index (χ4v) is 2.54. The molecule has 7 heteroatoms. The molecule has 2 amide bonds. The third-order valence-electron chi connectivity index (χ3n) is 2.39. The first kappa shape index (κ1) is 14.7. The summed E-state index contributed by atoms with van der Waals surface area (Å²) in [6, 6.07) is 8.11. The first-order chi connectivity index (χ1) is 9.58. The minimum Gasteiger partial charge on any atom is -0.267 e. The molecule has 0 unspecified atom stereocenters. The van der Waals surface area contributed by atoms with Gasteiger partial charge in [-0.1, -0.05) is 11.6 Å². The third kappa shape index (κ3) is 3.67. The quantitative estimate of drug-likeness (QED) is 0.600. The molecule has 1 heterocycles. The Morgan fingerprint density at radius 2 is 1.90 bits per heavy atom.